The van der Waals surface area contributed by atoms with E-state index in [0.717, 1.165) is 18.1 Å². The van der Waals surface area contributed by atoms with Crippen LogP contribution in [-0.4, -0.2) is 18.1 Å². The Morgan fingerprint density at radius 1 is 1.44 bits per heavy atom. The van der Waals surface area contributed by atoms with Gasteiger partial charge in [-0.1, -0.05) is 11.6 Å². The summed E-state index contributed by atoms with van der Waals surface area (Å²) in [5.41, 5.74) is 0.177. The molecule has 16 heavy (non-hydrogen) atoms. The predicted octanol–water partition coefficient (Wildman–Crippen LogP) is 3.27. The Labute approximate surface area is 107 Å². The highest BCUT2D eigenvalue weighted by molar-refractivity contribution is 7.10. The van der Waals surface area contributed by atoms with E-state index in [2.05, 4.69) is 38.3 Å². The molecule has 0 saturated heterocycles. The summed E-state index contributed by atoms with van der Waals surface area (Å²) in [6.45, 7) is 10.5. The first-order valence-corrected chi connectivity index (χ1v) is 6.84. The molecule has 0 bridgehead atoms. The Hall–Kier alpha value is -0.0900. The minimum absolute atomic E-state index is 0.177. The van der Waals surface area contributed by atoms with E-state index in [4.69, 9.17) is 11.6 Å². The fourth-order valence-electron chi connectivity index (χ4n) is 1.25. The van der Waals surface area contributed by atoms with Gasteiger partial charge in [0.2, 0.25) is 0 Å². The van der Waals surface area contributed by atoms with Crippen molar-refractivity contribution in [3.05, 3.63) is 21.3 Å². The molecule has 0 saturated carbocycles. The van der Waals surface area contributed by atoms with Crippen LogP contribution in [0.1, 0.15) is 32.6 Å². The van der Waals surface area contributed by atoms with Gasteiger partial charge in [0.15, 0.2) is 0 Å². The number of rotatable bonds is 5. The molecule has 0 spiro atoms. The molecule has 0 radical (unpaired) electrons. The van der Waals surface area contributed by atoms with Crippen LogP contribution in [0.5, 0.6) is 0 Å². The van der Waals surface area contributed by atoms with Gasteiger partial charge in [0, 0.05) is 29.5 Å². The monoisotopic (exact) mass is 260 g/mol. The van der Waals surface area contributed by atoms with E-state index in [-0.39, 0.29) is 5.54 Å². The van der Waals surface area contributed by atoms with Crippen molar-refractivity contribution in [2.45, 2.75) is 45.8 Å². The van der Waals surface area contributed by atoms with E-state index in [1.807, 2.05) is 11.4 Å². The van der Waals surface area contributed by atoms with E-state index in [9.17, 15) is 0 Å². The second kappa shape index (κ2) is 6.01. The van der Waals surface area contributed by atoms with Crippen LogP contribution in [0.15, 0.2) is 11.4 Å². The smallest absolute Gasteiger partial charge is 0.0558 e. The van der Waals surface area contributed by atoms with E-state index in [0.29, 0.717) is 6.04 Å². The fraction of sp³-hybridized carbons (Fsp3) is 0.667. The molecule has 4 heteroatoms. The number of hydrogen-bond donors (Lipinski definition) is 2. The maximum atomic E-state index is 6.03. The van der Waals surface area contributed by atoms with Crippen molar-refractivity contribution in [2.75, 3.05) is 6.54 Å². The molecule has 1 heterocycles. The number of thiophene rings is 1. The van der Waals surface area contributed by atoms with Crippen molar-refractivity contribution in [1.82, 2.24) is 10.6 Å². The quantitative estimate of drug-likeness (QED) is 0.849. The maximum Gasteiger partial charge on any atom is 0.0558 e. The Balaban J connectivity index is 2.25. The molecule has 1 unspecified atom stereocenters. The zero-order valence-corrected chi connectivity index (χ0v) is 12.0. The van der Waals surface area contributed by atoms with Crippen LogP contribution < -0.4 is 10.6 Å². The second-order valence-electron chi connectivity index (χ2n) is 5.10. The summed E-state index contributed by atoms with van der Waals surface area (Å²) in [6.07, 6.45) is 0. The van der Waals surface area contributed by atoms with Crippen molar-refractivity contribution in [3.63, 3.8) is 0 Å². The van der Waals surface area contributed by atoms with E-state index in [1.54, 1.807) is 11.3 Å². The summed E-state index contributed by atoms with van der Waals surface area (Å²) in [4.78, 5) is 1.21. The second-order valence-corrected chi connectivity index (χ2v) is 6.51. The van der Waals surface area contributed by atoms with Gasteiger partial charge in [-0.25, -0.2) is 0 Å². The molecule has 1 atom stereocenters. The van der Waals surface area contributed by atoms with Crippen LogP contribution >= 0.6 is 22.9 Å². The molecule has 1 aromatic rings. The van der Waals surface area contributed by atoms with Crippen LogP contribution in [0.2, 0.25) is 5.02 Å². The van der Waals surface area contributed by atoms with Crippen molar-refractivity contribution in [2.24, 2.45) is 0 Å². The standard InChI is InChI=1S/C12H21ClN2S/c1-9(7-15-12(2,3)4)14-8-11-10(13)5-6-16-11/h5-6,9,14-15H,7-8H2,1-4H3. The minimum atomic E-state index is 0.177. The molecule has 92 valence electrons. The van der Waals surface area contributed by atoms with Crippen LogP contribution in [0, 0.1) is 0 Å². The van der Waals surface area contributed by atoms with Gasteiger partial charge >= 0.3 is 0 Å². The third-order valence-electron chi connectivity index (χ3n) is 2.24. The molecule has 2 nitrogen and oxygen atoms in total. The van der Waals surface area contributed by atoms with E-state index in [1.165, 1.54) is 4.88 Å². The van der Waals surface area contributed by atoms with Gasteiger partial charge in [-0.05, 0) is 39.1 Å². The van der Waals surface area contributed by atoms with Gasteiger partial charge in [0.1, 0.15) is 0 Å². The first kappa shape index (κ1) is 14.0. The third kappa shape index (κ3) is 5.30. The normalized spacial score (nSPS) is 14.1. The molecule has 0 aliphatic carbocycles. The maximum absolute atomic E-state index is 6.03. The summed E-state index contributed by atoms with van der Waals surface area (Å²) in [5, 5.41) is 9.83. The van der Waals surface area contributed by atoms with Gasteiger partial charge in [-0.15, -0.1) is 11.3 Å². The van der Waals surface area contributed by atoms with Crippen molar-refractivity contribution < 1.29 is 0 Å². The largest absolute Gasteiger partial charge is 0.311 e. The molecule has 0 aliphatic rings. The summed E-state index contributed by atoms with van der Waals surface area (Å²) >= 11 is 7.73. The Bertz CT molecular complexity index is 317. The zero-order chi connectivity index (χ0) is 12.2. The van der Waals surface area contributed by atoms with Crippen LogP contribution in [0.3, 0.4) is 0 Å². The zero-order valence-electron chi connectivity index (χ0n) is 10.4. The average Bonchev–Trinajstić information content (AvgIpc) is 2.57. The highest BCUT2D eigenvalue weighted by Crippen LogP contribution is 2.21. The first-order valence-electron chi connectivity index (χ1n) is 5.59. The number of hydrogen-bond acceptors (Lipinski definition) is 3. The van der Waals surface area contributed by atoms with Crippen LogP contribution in [0.4, 0.5) is 0 Å². The van der Waals surface area contributed by atoms with Crippen molar-refractivity contribution in [3.8, 4) is 0 Å². The third-order valence-corrected chi connectivity index (χ3v) is 3.63. The molecule has 2 N–H and O–H groups in total. The van der Waals surface area contributed by atoms with Gasteiger partial charge in [0.25, 0.3) is 0 Å². The van der Waals surface area contributed by atoms with Crippen LogP contribution in [0.25, 0.3) is 0 Å². The topological polar surface area (TPSA) is 24.1 Å². The Kier molecular flexibility index (Phi) is 5.25. The molecular weight excluding hydrogens is 240 g/mol. The Morgan fingerprint density at radius 2 is 2.12 bits per heavy atom. The lowest BCUT2D eigenvalue weighted by Gasteiger charge is -2.24. The average molecular weight is 261 g/mol. The van der Waals surface area contributed by atoms with Crippen molar-refractivity contribution in [1.29, 1.82) is 0 Å². The summed E-state index contributed by atoms with van der Waals surface area (Å²) < 4.78 is 0. The highest BCUT2D eigenvalue weighted by Gasteiger charge is 2.11. The lowest BCUT2D eigenvalue weighted by Crippen LogP contribution is -2.44. The highest BCUT2D eigenvalue weighted by atomic mass is 35.5. The van der Waals surface area contributed by atoms with Gasteiger partial charge in [-0.2, -0.15) is 0 Å². The fourth-order valence-corrected chi connectivity index (χ4v) is 2.30. The summed E-state index contributed by atoms with van der Waals surface area (Å²) in [7, 11) is 0. The molecule has 1 rings (SSSR count). The predicted molar refractivity (Wildman–Crippen MR) is 73.4 cm³/mol. The minimum Gasteiger partial charge on any atom is -0.311 e. The molecular formula is C12H21ClN2S. The molecule has 0 aliphatic heterocycles. The van der Waals surface area contributed by atoms with Crippen LogP contribution in [-0.2, 0) is 6.54 Å². The van der Waals surface area contributed by atoms with Crippen molar-refractivity contribution >= 4 is 22.9 Å². The molecule has 1 aromatic heterocycles. The summed E-state index contributed by atoms with van der Waals surface area (Å²) in [5.74, 6) is 0. The first-order chi connectivity index (χ1) is 7.38. The molecule has 0 aromatic carbocycles. The SMILES string of the molecule is CC(CNC(C)(C)C)NCc1sccc1Cl. The Morgan fingerprint density at radius 3 is 2.62 bits per heavy atom. The number of nitrogens with one attached hydrogen (secondary N) is 2. The summed E-state index contributed by atoms with van der Waals surface area (Å²) in [6, 6.07) is 2.39. The van der Waals surface area contributed by atoms with E-state index >= 15 is 0 Å². The lowest BCUT2D eigenvalue weighted by atomic mass is 10.1. The van der Waals surface area contributed by atoms with E-state index < -0.39 is 0 Å². The van der Waals surface area contributed by atoms with Gasteiger partial charge in [-0.3, -0.25) is 0 Å². The lowest BCUT2D eigenvalue weighted by molar-refractivity contribution is 0.388. The van der Waals surface area contributed by atoms with Gasteiger partial charge < -0.3 is 10.6 Å². The van der Waals surface area contributed by atoms with Gasteiger partial charge in [0.05, 0.1) is 5.02 Å². The molecule has 0 amide bonds. The molecule has 0 fully saturated rings. The number of halogens is 1.